The number of carbonyl (C=O) groups is 1. The fraction of sp³-hybridized carbons (Fsp3) is 0.278. The van der Waals surface area contributed by atoms with E-state index >= 15 is 0 Å². The molecule has 0 aliphatic carbocycles. The molecule has 0 spiro atoms. The Morgan fingerprint density at radius 1 is 0.880 bits per heavy atom. The van der Waals surface area contributed by atoms with E-state index in [2.05, 4.69) is 0 Å². The van der Waals surface area contributed by atoms with Gasteiger partial charge in [0.1, 0.15) is 16.9 Å². The molecule has 3 nitrogen and oxygen atoms in total. The summed E-state index contributed by atoms with van der Waals surface area (Å²) in [6.07, 6.45) is -4.51. The number of ether oxygens (including phenoxy) is 2. The van der Waals surface area contributed by atoms with Crippen LogP contribution in [0.25, 0.3) is 0 Å². The second-order valence-corrected chi connectivity index (χ2v) is 5.47. The van der Waals surface area contributed by atoms with Gasteiger partial charge in [0.15, 0.2) is 0 Å². The molecule has 0 fully saturated rings. The van der Waals surface area contributed by atoms with Gasteiger partial charge >= 0.3 is 12.1 Å². The number of rotatable bonds is 4. The van der Waals surface area contributed by atoms with Gasteiger partial charge in [-0.3, -0.25) is 4.79 Å². The van der Waals surface area contributed by atoms with Crippen molar-refractivity contribution in [3.8, 4) is 11.5 Å². The smallest absolute Gasteiger partial charge is 0.402 e. The molecule has 134 valence electrons. The summed E-state index contributed by atoms with van der Waals surface area (Å²) in [6, 6.07) is 11.1. The van der Waals surface area contributed by atoms with Crippen LogP contribution in [0.2, 0.25) is 0 Å². The molecule has 0 aromatic heterocycles. The summed E-state index contributed by atoms with van der Waals surface area (Å²) in [7, 11) is 1.45. The van der Waals surface area contributed by atoms with Gasteiger partial charge in [-0.2, -0.15) is 13.2 Å². The van der Waals surface area contributed by atoms with E-state index in [1.54, 1.807) is 0 Å². The number of alkyl halides is 3. The molecule has 0 saturated carbocycles. The van der Waals surface area contributed by atoms with Crippen LogP contribution in [0.5, 0.6) is 11.5 Å². The standard InChI is InChI=1S/C18H17F3O3.W/c1-12(22)24-16-10-6-14(7-11-16)17(2,18(19,20)21)13-4-8-15(23-3)9-5-13;/h4-11H,1-3H3;. The summed E-state index contributed by atoms with van der Waals surface area (Å²) in [6.45, 7) is 2.35. The van der Waals surface area contributed by atoms with Gasteiger partial charge < -0.3 is 9.47 Å². The largest absolute Gasteiger partial charge is 0.497 e. The first-order valence-corrected chi connectivity index (χ1v) is 7.18. The molecule has 1 unspecified atom stereocenters. The van der Waals surface area contributed by atoms with E-state index in [1.165, 1.54) is 62.6 Å². The van der Waals surface area contributed by atoms with Crippen LogP contribution in [0.1, 0.15) is 25.0 Å². The van der Waals surface area contributed by atoms with Crippen molar-refractivity contribution in [3.05, 3.63) is 59.7 Å². The normalized spacial score (nSPS) is 13.4. The minimum atomic E-state index is -4.51. The Kier molecular flexibility index (Phi) is 6.83. The van der Waals surface area contributed by atoms with Crippen LogP contribution in [0.4, 0.5) is 13.2 Å². The van der Waals surface area contributed by atoms with Gasteiger partial charge in [0.05, 0.1) is 7.11 Å². The molecule has 0 radical (unpaired) electrons. The van der Waals surface area contributed by atoms with Gasteiger partial charge in [-0.05, 0) is 42.3 Å². The van der Waals surface area contributed by atoms with Crippen molar-refractivity contribution >= 4 is 5.97 Å². The summed E-state index contributed by atoms with van der Waals surface area (Å²) >= 11 is 0. The van der Waals surface area contributed by atoms with Crippen LogP contribution in [0.3, 0.4) is 0 Å². The second kappa shape index (κ2) is 8.04. The molecule has 7 heteroatoms. The van der Waals surface area contributed by atoms with Crippen LogP contribution in [0, 0.1) is 0 Å². The SMILES string of the molecule is COc1ccc(C(C)(c2ccc(OC(C)=O)cc2)C(F)(F)F)cc1.[W]. The minimum absolute atomic E-state index is 0. The van der Waals surface area contributed by atoms with E-state index in [0.717, 1.165) is 6.92 Å². The number of esters is 1. The molecular formula is C18H17F3O3W. The Balaban J connectivity index is 0.00000312. The summed E-state index contributed by atoms with van der Waals surface area (Å²) in [5, 5.41) is 0. The first-order valence-electron chi connectivity index (χ1n) is 7.18. The Hall–Kier alpha value is -1.81. The first kappa shape index (κ1) is 21.2. The van der Waals surface area contributed by atoms with Crippen molar-refractivity contribution in [1.29, 1.82) is 0 Å². The van der Waals surface area contributed by atoms with Gasteiger partial charge in [0, 0.05) is 28.0 Å². The molecule has 0 N–H and O–H groups in total. The molecule has 0 amide bonds. The van der Waals surface area contributed by atoms with Crippen molar-refractivity contribution in [1.82, 2.24) is 0 Å². The molecule has 1 atom stereocenters. The zero-order chi connectivity index (χ0) is 18.0. The molecule has 2 rings (SSSR count). The average Bonchev–Trinajstić information content (AvgIpc) is 2.53. The molecule has 0 saturated heterocycles. The second-order valence-electron chi connectivity index (χ2n) is 5.47. The van der Waals surface area contributed by atoms with Crippen LogP contribution in [-0.4, -0.2) is 19.3 Å². The van der Waals surface area contributed by atoms with Crippen molar-refractivity contribution in [2.45, 2.75) is 25.4 Å². The topological polar surface area (TPSA) is 35.5 Å². The van der Waals surface area contributed by atoms with Gasteiger partial charge in [-0.15, -0.1) is 0 Å². The zero-order valence-electron chi connectivity index (χ0n) is 13.9. The van der Waals surface area contributed by atoms with E-state index in [1.807, 2.05) is 0 Å². The maximum Gasteiger partial charge on any atom is 0.402 e. The summed E-state index contributed by atoms with van der Waals surface area (Å²) in [5.41, 5.74) is -2.05. The molecular weight excluding hydrogens is 505 g/mol. The molecule has 0 bridgehead atoms. The van der Waals surface area contributed by atoms with Crippen molar-refractivity contribution < 1.29 is 48.5 Å². The fourth-order valence-corrected chi connectivity index (χ4v) is 2.44. The van der Waals surface area contributed by atoms with E-state index in [-0.39, 0.29) is 37.9 Å². The zero-order valence-corrected chi connectivity index (χ0v) is 16.8. The van der Waals surface area contributed by atoms with Crippen LogP contribution in [-0.2, 0) is 31.3 Å². The average molecular weight is 522 g/mol. The van der Waals surface area contributed by atoms with E-state index in [0.29, 0.717) is 5.75 Å². The quantitative estimate of drug-likeness (QED) is 0.439. The van der Waals surface area contributed by atoms with Crippen molar-refractivity contribution in [3.63, 3.8) is 0 Å². The monoisotopic (exact) mass is 522 g/mol. The molecule has 0 aliphatic rings. The van der Waals surface area contributed by atoms with Gasteiger partial charge in [0.25, 0.3) is 0 Å². The number of hydrogen-bond donors (Lipinski definition) is 0. The van der Waals surface area contributed by atoms with E-state index in [4.69, 9.17) is 9.47 Å². The van der Waals surface area contributed by atoms with Crippen molar-refractivity contribution in [2.24, 2.45) is 0 Å². The summed E-state index contributed by atoms with van der Waals surface area (Å²) < 4.78 is 51.4. The summed E-state index contributed by atoms with van der Waals surface area (Å²) in [4.78, 5) is 10.9. The van der Waals surface area contributed by atoms with Crippen LogP contribution in [0.15, 0.2) is 48.5 Å². The Bertz CT molecular complexity index is 712. The summed E-state index contributed by atoms with van der Waals surface area (Å²) in [5.74, 6) is 0.149. The molecule has 0 aliphatic heterocycles. The van der Waals surface area contributed by atoms with E-state index < -0.39 is 17.6 Å². The third kappa shape index (κ3) is 4.43. The number of methoxy groups -OCH3 is 1. The number of halogens is 3. The Morgan fingerprint density at radius 3 is 1.60 bits per heavy atom. The maximum absolute atomic E-state index is 13.9. The predicted molar refractivity (Wildman–Crippen MR) is 83.3 cm³/mol. The third-order valence-electron chi connectivity index (χ3n) is 3.93. The third-order valence-corrected chi connectivity index (χ3v) is 3.93. The number of benzene rings is 2. The maximum atomic E-state index is 13.9. The number of carbonyl (C=O) groups excluding carboxylic acids is 1. The number of hydrogen-bond acceptors (Lipinski definition) is 3. The first-order chi connectivity index (χ1) is 11.2. The van der Waals surface area contributed by atoms with Crippen LogP contribution >= 0.6 is 0 Å². The minimum Gasteiger partial charge on any atom is -0.497 e. The molecule has 2 aromatic carbocycles. The molecule has 25 heavy (non-hydrogen) atoms. The van der Waals surface area contributed by atoms with Gasteiger partial charge in [-0.1, -0.05) is 24.3 Å². The van der Waals surface area contributed by atoms with Gasteiger partial charge in [0.2, 0.25) is 0 Å². The Morgan fingerprint density at radius 2 is 1.28 bits per heavy atom. The predicted octanol–water partition coefficient (Wildman–Crippen LogP) is 4.49. The molecule has 2 aromatic rings. The Labute approximate surface area is 158 Å². The van der Waals surface area contributed by atoms with E-state index in [9.17, 15) is 18.0 Å². The molecule has 0 heterocycles. The fourth-order valence-electron chi connectivity index (χ4n) is 2.44. The van der Waals surface area contributed by atoms with Crippen molar-refractivity contribution in [2.75, 3.05) is 7.11 Å². The van der Waals surface area contributed by atoms with Gasteiger partial charge in [-0.25, -0.2) is 0 Å². The van der Waals surface area contributed by atoms with Crippen LogP contribution < -0.4 is 9.47 Å².